The van der Waals surface area contributed by atoms with Crippen LogP contribution < -0.4 is 5.32 Å². The van der Waals surface area contributed by atoms with Crippen molar-refractivity contribution in [3.8, 4) is 0 Å². The van der Waals surface area contributed by atoms with Gasteiger partial charge in [0, 0.05) is 44.1 Å². The van der Waals surface area contributed by atoms with Gasteiger partial charge in [-0.15, -0.1) is 0 Å². The molecular formula is C19H27FN4O4. The highest BCUT2D eigenvalue weighted by atomic mass is 19.1. The Labute approximate surface area is 163 Å². The molecule has 1 aromatic carbocycles. The summed E-state index contributed by atoms with van der Waals surface area (Å²) in [5.41, 5.74) is -0.204. The van der Waals surface area contributed by atoms with Gasteiger partial charge in [0.1, 0.15) is 6.04 Å². The molecule has 3 atom stereocenters. The first-order valence-electron chi connectivity index (χ1n) is 9.37. The SMILES string of the molecule is CCC(=O)N[C@@H](C(=O)N1CCN(C)[C@@H](C)C1)[C@@H](C)c1ccc([N+](=O)[O-])c(F)c1. The third kappa shape index (κ3) is 4.83. The second-order valence-corrected chi connectivity index (χ2v) is 7.27. The van der Waals surface area contributed by atoms with Crippen LogP contribution in [-0.2, 0) is 9.59 Å². The first-order valence-corrected chi connectivity index (χ1v) is 9.37. The molecule has 2 amide bonds. The minimum Gasteiger partial charge on any atom is -0.344 e. The van der Waals surface area contributed by atoms with Crippen LogP contribution in [0.3, 0.4) is 0 Å². The van der Waals surface area contributed by atoms with Crippen LogP contribution in [0.1, 0.15) is 38.7 Å². The van der Waals surface area contributed by atoms with Gasteiger partial charge in [0.2, 0.25) is 17.6 Å². The van der Waals surface area contributed by atoms with Gasteiger partial charge in [0.05, 0.1) is 4.92 Å². The standard InChI is InChI=1S/C19H27FN4O4/c1-5-17(25)21-18(19(26)23-9-8-22(4)12(2)11-23)13(3)14-6-7-16(24(27)28)15(20)10-14/h6-7,10,12-13,18H,5,8-9,11H2,1-4H3,(H,21,25)/t12-,13-,18+/m0/s1. The van der Waals surface area contributed by atoms with Crippen LogP contribution in [0.4, 0.5) is 10.1 Å². The van der Waals surface area contributed by atoms with Crippen molar-refractivity contribution in [1.82, 2.24) is 15.1 Å². The minimum absolute atomic E-state index is 0.187. The Morgan fingerprint density at radius 2 is 2.07 bits per heavy atom. The maximum absolute atomic E-state index is 14.1. The molecule has 1 heterocycles. The van der Waals surface area contributed by atoms with E-state index in [-0.39, 0.29) is 24.3 Å². The average molecular weight is 394 g/mol. The Balaban J connectivity index is 2.29. The summed E-state index contributed by atoms with van der Waals surface area (Å²) in [4.78, 5) is 39.1. The Morgan fingerprint density at radius 3 is 2.61 bits per heavy atom. The quantitative estimate of drug-likeness (QED) is 0.587. The number of rotatable bonds is 6. The van der Waals surface area contributed by atoms with Gasteiger partial charge in [-0.05, 0) is 25.6 Å². The molecule has 9 heteroatoms. The largest absolute Gasteiger partial charge is 0.344 e. The van der Waals surface area contributed by atoms with E-state index in [0.717, 1.165) is 18.7 Å². The number of nitro benzene ring substituents is 1. The van der Waals surface area contributed by atoms with E-state index >= 15 is 0 Å². The highest BCUT2D eigenvalue weighted by Gasteiger charge is 2.34. The number of nitro groups is 1. The minimum atomic E-state index is -0.962. The predicted molar refractivity (Wildman–Crippen MR) is 102 cm³/mol. The summed E-state index contributed by atoms with van der Waals surface area (Å²) < 4.78 is 14.1. The van der Waals surface area contributed by atoms with Gasteiger partial charge in [-0.2, -0.15) is 4.39 Å². The fourth-order valence-corrected chi connectivity index (χ4v) is 3.27. The Hall–Kier alpha value is -2.55. The summed E-state index contributed by atoms with van der Waals surface area (Å²) in [6.45, 7) is 7.22. The van der Waals surface area contributed by atoms with Gasteiger partial charge in [0.15, 0.2) is 0 Å². The molecule has 0 unspecified atom stereocenters. The Kier molecular flexibility index (Phi) is 7.06. The predicted octanol–water partition coefficient (Wildman–Crippen LogP) is 1.89. The summed E-state index contributed by atoms with van der Waals surface area (Å²) in [5, 5.41) is 13.6. The van der Waals surface area contributed by atoms with E-state index in [9.17, 15) is 24.1 Å². The first kappa shape index (κ1) is 21.7. The lowest BCUT2D eigenvalue weighted by atomic mass is 9.91. The summed E-state index contributed by atoms with van der Waals surface area (Å²) in [7, 11) is 1.99. The molecule has 0 spiro atoms. The maximum atomic E-state index is 14.1. The third-order valence-electron chi connectivity index (χ3n) is 5.37. The molecule has 0 saturated carbocycles. The van der Waals surface area contributed by atoms with Crippen LogP contribution in [0.2, 0.25) is 0 Å². The molecule has 154 valence electrons. The van der Waals surface area contributed by atoms with Crippen molar-refractivity contribution >= 4 is 17.5 Å². The molecule has 1 aliphatic heterocycles. The highest BCUT2D eigenvalue weighted by molar-refractivity contribution is 5.88. The number of benzene rings is 1. The van der Waals surface area contributed by atoms with Crippen molar-refractivity contribution < 1.29 is 18.9 Å². The summed E-state index contributed by atoms with van der Waals surface area (Å²) in [6, 6.07) is 2.89. The number of nitrogens with zero attached hydrogens (tertiary/aromatic N) is 3. The fourth-order valence-electron chi connectivity index (χ4n) is 3.27. The van der Waals surface area contributed by atoms with E-state index in [1.807, 2.05) is 14.0 Å². The van der Waals surface area contributed by atoms with E-state index in [1.54, 1.807) is 18.7 Å². The molecule has 1 aliphatic rings. The van der Waals surface area contributed by atoms with Gasteiger partial charge in [-0.25, -0.2) is 0 Å². The summed E-state index contributed by atoms with van der Waals surface area (Å²) >= 11 is 0. The van der Waals surface area contributed by atoms with E-state index in [0.29, 0.717) is 18.7 Å². The van der Waals surface area contributed by atoms with Crippen LogP contribution in [0.15, 0.2) is 18.2 Å². The molecule has 1 N–H and O–H groups in total. The summed E-state index contributed by atoms with van der Waals surface area (Å²) in [6.07, 6.45) is 0.213. The van der Waals surface area contributed by atoms with E-state index in [2.05, 4.69) is 10.2 Å². The number of amides is 2. The van der Waals surface area contributed by atoms with Crippen LogP contribution in [0.25, 0.3) is 0 Å². The van der Waals surface area contributed by atoms with Gasteiger partial charge in [-0.3, -0.25) is 19.7 Å². The Bertz CT molecular complexity index is 757. The Morgan fingerprint density at radius 1 is 1.39 bits per heavy atom. The fraction of sp³-hybridized carbons (Fsp3) is 0.579. The molecule has 1 aromatic rings. The van der Waals surface area contributed by atoms with E-state index in [4.69, 9.17) is 0 Å². The molecule has 0 aliphatic carbocycles. The molecule has 1 fully saturated rings. The normalized spacial score (nSPS) is 19.8. The van der Waals surface area contributed by atoms with Crippen molar-refractivity contribution in [2.75, 3.05) is 26.7 Å². The molecule has 0 aromatic heterocycles. The third-order valence-corrected chi connectivity index (χ3v) is 5.37. The lowest BCUT2D eigenvalue weighted by Gasteiger charge is -2.40. The van der Waals surface area contributed by atoms with Crippen LogP contribution in [0.5, 0.6) is 0 Å². The van der Waals surface area contributed by atoms with Crippen LogP contribution in [-0.4, -0.2) is 65.3 Å². The zero-order valence-corrected chi connectivity index (χ0v) is 16.6. The number of likely N-dealkylation sites (N-methyl/N-ethyl adjacent to an activating group) is 1. The zero-order chi connectivity index (χ0) is 21.0. The summed E-state index contributed by atoms with van der Waals surface area (Å²) in [5.74, 6) is -2.02. The molecule has 2 rings (SSSR count). The second-order valence-electron chi connectivity index (χ2n) is 7.27. The smallest absolute Gasteiger partial charge is 0.304 e. The molecular weight excluding hydrogens is 367 g/mol. The number of hydrogen-bond donors (Lipinski definition) is 1. The number of piperazine rings is 1. The first-order chi connectivity index (χ1) is 13.1. The number of hydrogen-bond acceptors (Lipinski definition) is 5. The van der Waals surface area contributed by atoms with E-state index < -0.39 is 28.4 Å². The zero-order valence-electron chi connectivity index (χ0n) is 16.6. The molecule has 0 bridgehead atoms. The molecule has 8 nitrogen and oxygen atoms in total. The monoisotopic (exact) mass is 394 g/mol. The molecule has 0 radical (unpaired) electrons. The van der Waals surface area contributed by atoms with Gasteiger partial charge in [0.25, 0.3) is 0 Å². The van der Waals surface area contributed by atoms with Crippen molar-refractivity contribution in [3.63, 3.8) is 0 Å². The van der Waals surface area contributed by atoms with E-state index in [1.165, 1.54) is 6.07 Å². The van der Waals surface area contributed by atoms with Crippen LogP contribution >= 0.6 is 0 Å². The maximum Gasteiger partial charge on any atom is 0.304 e. The van der Waals surface area contributed by atoms with Crippen molar-refractivity contribution in [1.29, 1.82) is 0 Å². The van der Waals surface area contributed by atoms with Gasteiger partial charge in [-0.1, -0.05) is 19.9 Å². The highest BCUT2D eigenvalue weighted by Crippen LogP contribution is 2.26. The van der Waals surface area contributed by atoms with Crippen molar-refractivity contribution in [2.45, 2.75) is 45.2 Å². The lowest BCUT2D eigenvalue weighted by molar-refractivity contribution is -0.387. The second kappa shape index (κ2) is 9.09. The number of carbonyl (C=O) groups is 2. The number of nitrogens with one attached hydrogen (secondary N) is 1. The number of halogens is 1. The van der Waals surface area contributed by atoms with Crippen molar-refractivity contribution in [2.24, 2.45) is 0 Å². The molecule has 1 saturated heterocycles. The van der Waals surface area contributed by atoms with Gasteiger partial charge < -0.3 is 15.1 Å². The topological polar surface area (TPSA) is 95.8 Å². The van der Waals surface area contributed by atoms with Crippen molar-refractivity contribution in [3.05, 3.63) is 39.7 Å². The lowest BCUT2D eigenvalue weighted by Crippen LogP contribution is -2.58. The van der Waals surface area contributed by atoms with Gasteiger partial charge >= 0.3 is 5.69 Å². The number of carbonyl (C=O) groups excluding carboxylic acids is 2. The average Bonchev–Trinajstić information content (AvgIpc) is 2.66. The van der Waals surface area contributed by atoms with Crippen LogP contribution in [0, 0.1) is 15.9 Å². The molecule has 28 heavy (non-hydrogen) atoms.